The maximum absolute atomic E-state index is 13.9. The number of nitrogens with two attached hydrogens (primary N) is 2. The van der Waals surface area contributed by atoms with Crippen LogP contribution in [0.3, 0.4) is 0 Å². The monoisotopic (exact) mass is 687 g/mol. The van der Waals surface area contributed by atoms with E-state index in [9.17, 15) is 29.1 Å². The molecule has 4 atom stereocenters. The third-order valence-corrected chi connectivity index (χ3v) is 8.54. The maximum Gasteiger partial charge on any atom is 0.417 e. The molecule has 12 nitrogen and oxygen atoms in total. The minimum Gasteiger partial charge on any atom is -0.444 e. The van der Waals surface area contributed by atoms with Gasteiger partial charge in [-0.2, -0.15) is 0 Å². The molecule has 0 spiro atoms. The highest BCUT2D eigenvalue weighted by atomic mass is 16.6. The van der Waals surface area contributed by atoms with E-state index in [0.29, 0.717) is 22.4 Å². The predicted octanol–water partition coefficient (Wildman–Crippen LogP) is 3.44. The van der Waals surface area contributed by atoms with Gasteiger partial charge >= 0.3 is 6.09 Å². The van der Waals surface area contributed by atoms with E-state index >= 15 is 0 Å². The summed E-state index contributed by atoms with van der Waals surface area (Å²) in [5.41, 5.74) is 13.9. The number of benzene rings is 3. The fourth-order valence-corrected chi connectivity index (χ4v) is 5.49. The number of ether oxygens (including phenoxy) is 1. The number of carbonyl (C=O) groups is 5. The Balaban J connectivity index is 1.87. The Labute approximate surface area is 293 Å². The number of nitrogens with one attached hydrogen (secondary N) is 2. The van der Waals surface area contributed by atoms with Crippen molar-refractivity contribution < 1.29 is 33.8 Å². The minimum absolute atomic E-state index is 0.0934. The molecule has 0 aliphatic heterocycles. The number of hydrogen-bond donors (Lipinski definition) is 5. The van der Waals surface area contributed by atoms with E-state index in [1.807, 2.05) is 55.5 Å². The lowest BCUT2D eigenvalue weighted by Gasteiger charge is -2.36. The normalized spacial score (nSPS) is 14.0. The van der Waals surface area contributed by atoms with Gasteiger partial charge < -0.3 is 26.6 Å². The Kier molecular flexibility index (Phi) is 15.3. The van der Waals surface area contributed by atoms with E-state index < -0.39 is 59.9 Å². The number of imide groups is 2. The summed E-state index contributed by atoms with van der Waals surface area (Å²) in [6.07, 6.45) is 1.25. The molecular formula is C38H49N5O7. The Morgan fingerprint density at radius 2 is 1.52 bits per heavy atom. The lowest BCUT2D eigenvalue weighted by Crippen LogP contribution is -2.64. The van der Waals surface area contributed by atoms with Gasteiger partial charge in [-0.25, -0.2) is 9.69 Å². The van der Waals surface area contributed by atoms with Crippen LogP contribution in [-0.2, 0) is 36.9 Å². The molecule has 0 fully saturated rings. The highest BCUT2D eigenvalue weighted by Crippen LogP contribution is 2.29. The van der Waals surface area contributed by atoms with Crippen molar-refractivity contribution in [2.75, 3.05) is 13.2 Å². The zero-order valence-electron chi connectivity index (χ0n) is 29.0. The molecule has 1 unspecified atom stereocenters. The van der Waals surface area contributed by atoms with E-state index in [4.69, 9.17) is 16.2 Å². The third-order valence-electron chi connectivity index (χ3n) is 8.54. The molecule has 0 saturated heterocycles. The molecule has 0 saturated carbocycles. The zero-order valence-corrected chi connectivity index (χ0v) is 29.0. The van der Waals surface area contributed by atoms with Crippen LogP contribution in [0.1, 0.15) is 57.6 Å². The van der Waals surface area contributed by atoms with Crippen LogP contribution in [0, 0.1) is 5.92 Å². The average Bonchev–Trinajstić information content (AvgIpc) is 3.11. The highest BCUT2D eigenvalue weighted by Gasteiger charge is 2.44. The van der Waals surface area contributed by atoms with Gasteiger partial charge in [-0.3, -0.25) is 24.5 Å². The van der Waals surface area contributed by atoms with Crippen molar-refractivity contribution in [3.05, 3.63) is 96.1 Å². The molecule has 0 radical (unpaired) electrons. The lowest BCUT2D eigenvalue weighted by atomic mass is 9.77. The van der Waals surface area contributed by atoms with Gasteiger partial charge in [-0.15, -0.1) is 0 Å². The standard InChI is InChI=1S/C38H49N5O7/c1-4-5-8-21-33(45)42-36(48)38(40,22-30-19-13-14-20-32(30)29-17-11-7-12-18-29)31(24-44)23-41-34(46)27(3)43(35(47)26(2)39)37(49)50-25-28-15-9-6-10-16-28/h6-7,9-20,26-27,31,44H,4-5,8,21-25,39-40H2,1-3H3,(H,41,46)(H,42,45,48)/t26-,27-,31?,38+/m0/s1. The predicted molar refractivity (Wildman–Crippen MR) is 190 cm³/mol. The summed E-state index contributed by atoms with van der Waals surface area (Å²) < 4.78 is 5.34. The highest BCUT2D eigenvalue weighted by molar-refractivity contribution is 6.01. The fraction of sp³-hybridized carbons (Fsp3) is 0.395. The topological polar surface area (TPSA) is 194 Å². The van der Waals surface area contributed by atoms with Gasteiger partial charge in [0.25, 0.3) is 0 Å². The Bertz CT molecular complexity index is 1580. The van der Waals surface area contributed by atoms with Gasteiger partial charge in [0.05, 0.1) is 6.04 Å². The second-order valence-corrected chi connectivity index (χ2v) is 12.4. The van der Waals surface area contributed by atoms with Crippen LogP contribution in [0.15, 0.2) is 84.9 Å². The Hall–Kier alpha value is -4.91. The van der Waals surface area contributed by atoms with Crippen molar-refractivity contribution >= 4 is 29.7 Å². The molecule has 0 aromatic heterocycles. The number of aliphatic hydroxyl groups excluding tert-OH is 1. The molecule has 3 aromatic carbocycles. The molecule has 0 aliphatic rings. The first-order chi connectivity index (χ1) is 23.9. The number of hydrogen-bond acceptors (Lipinski definition) is 9. The van der Waals surface area contributed by atoms with Gasteiger partial charge in [-0.05, 0) is 42.5 Å². The third kappa shape index (κ3) is 10.8. The first-order valence-electron chi connectivity index (χ1n) is 16.9. The summed E-state index contributed by atoms with van der Waals surface area (Å²) in [6, 6.07) is 23.1. The van der Waals surface area contributed by atoms with Gasteiger partial charge in [-0.1, -0.05) is 105 Å². The Morgan fingerprint density at radius 1 is 0.900 bits per heavy atom. The SMILES string of the molecule is CCCCCC(=O)NC(=O)[C@@](N)(Cc1ccccc1-c1ccccc1)C(CO)CNC(=O)[C@H](C)N(C(=O)OCc1ccccc1)C(=O)[C@H](C)N. The average molecular weight is 688 g/mol. The number of amides is 5. The second-order valence-electron chi connectivity index (χ2n) is 12.4. The molecular weight excluding hydrogens is 638 g/mol. The van der Waals surface area contributed by atoms with E-state index in [1.165, 1.54) is 13.8 Å². The van der Waals surface area contributed by atoms with Crippen LogP contribution >= 0.6 is 0 Å². The summed E-state index contributed by atoms with van der Waals surface area (Å²) in [6.45, 7) is 3.59. The summed E-state index contributed by atoms with van der Waals surface area (Å²) in [5, 5.41) is 15.7. The van der Waals surface area contributed by atoms with E-state index in [1.54, 1.807) is 36.4 Å². The van der Waals surface area contributed by atoms with Gasteiger partial charge in [0.1, 0.15) is 18.2 Å². The largest absolute Gasteiger partial charge is 0.444 e. The van der Waals surface area contributed by atoms with Crippen LogP contribution in [-0.4, -0.2) is 70.5 Å². The number of carbonyl (C=O) groups excluding carboxylic acids is 5. The number of nitrogens with zero attached hydrogens (tertiary/aromatic N) is 1. The number of rotatable bonds is 17. The second kappa shape index (κ2) is 19.3. The molecule has 0 bridgehead atoms. The zero-order chi connectivity index (χ0) is 36.7. The Morgan fingerprint density at radius 3 is 2.14 bits per heavy atom. The van der Waals surface area contributed by atoms with Crippen molar-refractivity contribution in [3.8, 4) is 11.1 Å². The van der Waals surface area contributed by atoms with Gasteiger partial charge in [0.15, 0.2) is 0 Å². The summed E-state index contributed by atoms with van der Waals surface area (Å²) in [7, 11) is 0. The quantitative estimate of drug-likeness (QED) is 0.132. The summed E-state index contributed by atoms with van der Waals surface area (Å²) in [5.74, 6) is -4.02. The summed E-state index contributed by atoms with van der Waals surface area (Å²) >= 11 is 0. The van der Waals surface area contributed by atoms with Crippen LogP contribution < -0.4 is 22.1 Å². The molecule has 0 aliphatic carbocycles. The molecule has 7 N–H and O–H groups in total. The molecule has 5 amide bonds. The van der Waals surface area contributed by atoms with Gasteiger partial charge in [0, 0.05) is 31.9 Å². The van der Waals surface area contributed by atoms with E-state index in [2.05, 4.69) is 10.6 Å². The molecule has 0 heterocycles. The lowest BCUT2D eigenvalue weighted by molar-refractivity contribution is -0.139. The van der Waals surface area contributed by atoms with Crippen molar-refractivity contribution in [1.82, 2.24) is 15.5 Å². The van der Waals surface area contributed by atoms with E-state index in [-0.39, 0.29) is 26.0 Å². The van der Waals surface area contributed by atoms with Crippen molar-refractivity contribution in [2.45, 2.75) is 77.1 Å². The molecule has 12 heteroatoms. The molecule has 3 aromatic rings. The molecule has 50 heavy (non-hydrogen) atoms. The van der Waals surface area contributed by atoms with Crippen LogP contribution in [0.25, 0.3) is 11.1 Å². The smallest absolute Gasteiger partial charge is 0.417 e. The number of unbranched alkanes of at least 4 members (excludes halogenated alkanes) is 2. The first-order valence-corrected chi connectivity index (χ1v) is 16.9. The van der Waals surface area contributed by atoms with Crippen molar-refractivity contribution in [1.29, 1.82) is 0 Å². The van der Waals surface area contributed by atoms with Crippen molar-refractivity contribution in [3.63, 3.8) is 0 Å². The molecule has 268 valence electrons. The van der Waals surface area contributed by atoms with Crippen LogP contribution in [0.4, 0.5) is 4.79 Å². The van der Waals surface area contributed by atoms with Crippen LogP contribution in [0.5, 0.6) is 0 Å². The summed E-state index contributed by atoms with van der Waals surface area (Å²) in [4.78, 5) is 66.9. The van der Waals surface area contributed by atoms with Crippen molar-refractivity contribution in [2.24, 2.45) is 17.4 Å². The fourth-order valence-electron chi connectivity index (χ4n) is 5.49. The van der Waals surface area contributed by atoms with E-state index in [0.717, 1.165) is 24.0 Å². The first kappa shape index (κ1) is 39.5. The van der Waals surface area contributed by atoms with Crippen LogP contribution in [0.2, 0.25) is 0 Å². The molecule has 3 rings (SSSR count). The maximum atomic E-state index is 13.9. The number of aliphatic hydroxyl groups is 1. The van der Waals surface area contributed by atoms with Gasteiger partial charge in [0.2, 0.25) is 23.6 Å². The minimum atomic E-state index is -1.88.